The summed E-state index contributed by atoms with van der Waals surface area (Å²) in [5.74, 6) is -0.402. The largest absolute Gasteiger partial charge is 0.512 e. The summed E-state index contributed by atoms with van der Waals surface area (Å²) < 4.78 is 4.09. The van der Waals surface area contributed by atoms with Gasteiger partial charge in [0.05, 0.1) is 0 Å². The monoisotopic (exact) mass is 191 g/mol. The van der Waals surface area contributed by atoms with Gasteiger partial charge in [-0.2, -0.15) is 0 Å². The lowest BCUT2D eigenvalue weighted by Gasteiger charge is -1.94. The molecule has 0 spiro atoms. The van der Waals surface area contributed by atoms with E-state index in [1.54, 1.807) is 6.08 Å². The van der Waals surface area contributed by atoms with Crippen molar-refractivity contribution < 1.29 is 14.6 Å². The molecular weight excluding hydrogens is 182 g/mol. The fraction of sp³-hybridized carbons (Fsp3) is 0. The minimum Gasteiger partial charge on any atom is -0.449 e. The molecule has 0 amide bonds. The molecule has 1 rings (SSSR count). The molecule has 1 aromatic rings. The van der Waals surface area contributed by atoms with Crippen molar-refractivity contribution in [2.24, 2.45) is 0 Å². The van der Waals surface area contributed by atoms with E-state index in [-0.39, 0.29) is 0 Å². The quantitative estimate of drug-likeness (QED) is 0.428. The predicted molar refractivity (Wildman–Crippen MR) is 52.3 cm³/mol. The maximum Gasteiger partial charge on any atom is 0.512 e. The van der Waals surface area contributed by atoms with Gasteiger partial charge in [-0.05, 0) is 11.6 Å². The zero-order chi connectivity index (χ0) is 10.4. The zero-order valence-electron chi connectivity index (χ0n) is 7.31. The summed E-state index contributed by atoms with van der Waals surface area (Å²) in [6.07, 6.45) is 1.40. The van der Waals surface area contributed by atoms with Gasteiger partial charge in [-0.25, -0.2) is 4.79 Å². The maximum atomic E-state index is 10.0. The van der Waals surface area contributed by atoms with Gasteiger partial charge in [0.1, 0.15) is 0 Å². The highest BCUT2D eigenvalue weighted by Gasteiger charge is 1.98. The van der Waals surface area contributed by atoms with Crippen LogP contribution in [0.25, 0.3) is 6.08 Å². The molecule has 14 heavy (non-hydrogen) atoms. The molecule has 4 heteroatoms. The van der Waals surface area contributed by atoms with Crippen LogP contribution >= 0.6 is 0 Å². The lowest BCUT2D eigenvalue weighted by atomic mass is 10.2. The van der Waals surface area contributed by atoms with Crippen molar-refractivity contribution in [3.63, 3.8) is 0 Å². The molecule has 0 aliphatic heterocycles. The molecule has 0 atom stereocenters. The zero-order valence-corrected chi connectivity index (χ0v) is 7.31. The number of ether oxygens (including phenoxy) is 1. The van der Waals surface area contributed by atoms with Gasteiger partial charge in [-0.1, -0.05) is 30.3 Å². The van der Waals surface area contributed by atoms with Crippen molar-refractivity contribution in [1.29, 1.82) is 5.41 Å². The molecule has 0 heterocycles. The number of benzene rings is 1. The first-order valence-corrected chi connectivity index (χ1v) is 3.91. The maximum absolute atomic E-state index is 10.0. The first-order chi connectivity index (χ1) is 6.68. The van der Waals surface area contributed by atoms with Gasteiger partial charge >= 0.3 is 6.16 Å². The third-order valence-electron chi connectivity index (χ3n) is 1.42. The van der Waals surface area contributed by atoms with E-state index in [0.717, 1.165) is 5.56 Å². The van der Waals surface area contributed by atoms with E-state index >= 15 is 0 Å². The predicted octanol–water partition coefficient (Wildman–Crippen LogP) is 2.37. The van der Waals surface area contributed by atoms with Crippen LogP contribution in [0.5, 0.6) is 0 Å². The molecule has 0 aliphatic carbocycles. The van der Waals surface area contributed by atoms with Gasteiger partial charge in [-0.15, -0.1) is 0 Å². The van der Waals surface area contributed by atoms with Crippen LogP contribution in [0.15, 0.2) is 36.4 Å². The molecule has 0 aromatic heterocycles. The van der Waals surface area contributed by atoms with Crippen molar-refractivity contribution in [2.45, 2.75) is 0 Å². The molecule has 0 radical (unpaired) electrons. The second kappa shape index (κ2) is 4.81. The highest BCUT2D eigenvalue weighted by atomic mass is 16.7. The van der Waals surface area contributed by atoms with E-state index in [9.17, 15) is 4.79 Å². The van der Waals surface area contributed by atoms with E-state index < -0.39 is 12.1 Å². The number of rotatable bonds is 2. The molecule has 1 aromatic carbocycles. The standard InChI is InChI=1S/C10H9NO3/c11-9(14-10(12)13)7-6-8-4-2-1-3-5-8/h1-7,11H,(H,12,13). The number of hydrogen-bond acceptors (Lipinski definition) is 3. The summed E-state index contributed by atoms with van der Waals surface area (Å²) in [5.41, 5.74) is 0.881. The molecule has 4 nitrogen and oxygen atoms in total. The second-order valence-electron chi connectivity index (χ2n) is 2.48. The summed E-state index contributed by atoms with van der Waals surface area (Å²) in [5, 5.41) is 15.3. The van der Waals surface area contributed by atoms with Crippen LogP contribution in [-0.4, -0.2) is 17.2 Å². The van der Waals surface area contributed by atoms with Crippen LogP contribution < -0.4 is 0 Å². The number of nitrogens with one attached hydrogen (secondary N) is 1. The normalized spacial score (nSPS) is 10.0. The van der Waals surface area contributed by atoms with Gasteiger partial charge < -0.3 is 9.84 Å². The van der Waals surface area contributed by atoms with Crippen LogP contribution in [0.3, 0.4) is 0 Å². The summed E-state index contributed by atoms with van der Waals surface area (Å²) >= 11 is 0. The van der Waals surface area contributed by atoms with Crippen LogP contribution in [0.2, 0.25) is 0 Å². The Morgan fingerprint density at radius 2 is 2.00 bits per heavy atom. The van der Waals surface area contributed by atoms with Gasteiger partial charge in [-0.3, -0.25) is 5.41 Å². The Morgan fingerprint density at radius 3 is 2.57 bits per heavy atom. The van der Waals surface area contributed by atoms with Crippen LogP contribution in [0.4, 0.5) is 4.79 Å². The number of carboxylic acid groups (broad SMARTS) is 1. The summed E-state index contributed by atoms with van der Waals surface area (Å²) in [4.78, 5) is 10.0. The highest BCUT2D eigenvalue weighted by molar-refractivity contribution is 5.94. The Kier molecular flexibility index (Phi) is 3.43. The first kappa shape index (κ1) is 9.98. The van der Waals surface area contributed by atoms with Crippen LogP contribution in [0.1, 0.15) is 5.56 Å². The van der Waals surface area contributed by atoms with Gasteiger partial charge in [0.2, 0.25) is 5.90 Å². The molecule has 0 unspecified atom stereocenters. The fourth-order valence-electron chi connectivity index (χ4n) is 0.864. The van der Waals surface area contributed by atoms with Gasteiger partial charge in [0.15, 0.2) is 0 Å². The third-order valence-corrected chi connectivity index (χ3v) is 1.42. The Balaban J connectivity index is 2.56. The van der Waals surface area contributed by atoms with E-state index in [0.29, 0.717) is 0 Å². The van der Waals surface area contributed by atoms with E-state index in [1.165, 1.54) is 6.08 Å². The van der Waals surface area contributed by atoms with Crippen molar-refractivity contribution >= 4 is 18.1 Å². The van der Waals surface area contributed by atoms with Gasteiger partial charge in [0.25, 0.3) is 0 Å². The summed E-state index contributed by atoms with van der Waals surface area (Å²) in [6, 6.07) is 9.24. The summed E-state index contributed by atoms with van der Waals surface area (Å²) in [6.45, 7) is 0. The van der Waals surface area contributed by atoms with E-state index in [2.05, 4.69) is 4.74 Å². The highest BCUT2D eigenvalue weighted by Crippen LogP contribution is 2.01. The minimum atomic E-state index is -1.48. The van der Waals surface area contributed by atoms with E-state index in [1.807, 2.05) is 30.3 Å². The molecule has 0 saturated heterocycles. The van der Waals surface area contributed by atoms with Crippen LogP contribution in [0, 0.1) is 5.41 Å². The Morgan fingerprint density at radius 1 is 1.36 bits per heavy atom. The second-order valence-corrected chi connectivity index (χ2v) is 2.48. The topological polar surface area (TPSA) is 70.4 Å². The Hall–Kier alpha value is -2.10. The molecule has 0 saturated carbocycles. The lowest BCUT2D eigenvalue weighted by Crippen LogP contribution is -2.05. The number of hydrogen-bond donors (Lipinski definition) is 2. The average molecular weight is 191 g/mol. The molecular formula is C10H9NO3. The first-order valence-electron chi connectivity index (χ1n) is 3.91. The molecule has 0 fully saturated rings. The third kappa shape index (κ3) is 3.53. The van der Waals surface area contributed by atoms with Gasteiger partial charge in [0, 0.05) is 6.08 Å². The Bertz CT molecular complexity index is 357. The number of carbonyl (C=O) groups is 1. The van der Waals surface area contributed by atoms with Crippen molar-refractivity contribution in [3.8, 4) is 0 Å². The molecule has 2 N–H and O–H groups in total. The minimum absolute atomic E-state index is 0.402. The smallest absolute Gasteiger partial charge is 0.449 e. The fourth-order valence-corrected chi connectivity index (χ4v) is 0.864. The van der Waals surface area contributed by atoms with Crippen molar-refractivity contribution in [1.82, 2.24) is 0 Å². The average Bonchev–Trinajstić information content (AvgIpc) is 2.15. The van der Waals surface area contributed by atoms with E-state index in [4.69, 9.17) is 10.5 Å². The van der Waals surface area contributed by atoms with Crippen molar-refractivity contribution in [3.05, 3.63) is 42.0 Å². The Labute approximate surface area is 81.0 Å². The summed E-state index contributed by atoms with van der Waals surface area (Å²) in [7, 11) is 0. The van der Waals surface area contributed by atoms with Crippen LogP contribution in [-0.2, 0) is 4.74 Å². The molecule has 0 aliphatic rings. The van der Waals surface area contributed by atoms with Crippen molar-refractivity contribution in [2.75, 3.05) is 0 Å². The molecule has 0 bridgehead atoms. The SMILES string of the molecule is N=C(C=Cc1ccccc1)OC(=O)O. The lowest BCUT2D eigenvalue weighted by molar-refractivity contribution is 0.141. The molecule has 72 valence electrons.